The van der Waals surface area contributed by atoms with Gasteiger partial charge in [0.15, 0.2) is 0 Å². The molecule has 2 amide bonds. The highest BCUT2D eigenvalue weighted by molar-refractivity contribution is 6.33. The lowest BCUT2D eigenvalue weighted by Crippen LogP contribution is -2.53. The molecule has 8 aromatic heterocycles. The first kappa shape index (κ1) is 59.8. The van der Waals surface area contributed by atoms with Gasteiger partial charge >= 0.3 is 5.97 Å². The molecule has 23 heteroatoms. The Balaban J connectivity index is 0.000000182. The number of hydrogen-bond donors (Lipinski definition) is 3. The Bertz CT molecular complexity index is 3980. The van der Waals surface area contributed by atoms with Crippen molar-refractivity contribution >= 4 is 63.7 Å². The van der Waals surface area contributed by atoms with Gasteiger partial charge in [0.05, 0.1) is 75.6 Å². The van der Waals surface area contributed by atoms with E-state index in [2.05, 4.69) is 52.7 Å². The number of nitriles is 2. The number of hydrogen-bond acceptors (Lipinski definition) is 17. The first-order chi connectivity index (χ1) is 41.6. The van der Waals surface area contributed by atoms with E-state index < -0.39 is 11.1 Å². The number of ether oxygens (including phenoxy) is 3. The molecule has 0 atom stereocenters. The molecule has 8 aromatic rings. The average molecular weight is 1210 g/mol. The number of aromatic nitrogens is 8. The maximum atomic E-state index is 12.8. The van der Waals surface area contributed by atoms with Crippen LogP contribution < -0.4 is 35.6 Å². The lowest BCUT2D eigenvalue weighted by Gasteiger charge is -2.40. The van der Waals surface area contributed by atoms with Gasteiger partial charge in [0, 0.05) is 89.7 Å². The third kappa shape index (κ3) is 13.9. The van der Waals surface area contributed by atoms with Gasteiger partial charge in [-0.2, -0.15) is 20.7 Å². The number of piperidine rings is 2. The summed E-state index contributed by atoms with van der Waals surface area (Å²) in [4.78, 5) is 60.3. The van der Waals surface area contributed by atoms with Gasteiger partial charge in [-0.1, -0.05) is 23.2 Å². The van der Waals surface area contributed by atoms with Gasteiger partial charge in [-0.25, -0.2) is 29.0 Å². The molecule has 4 N–H and O–H groups in total. The van der Waals surface area contributed by atoms with Crippen molar-refractivity contribution in [1.29, 1.82) is 10.5 Å². The van der Waals surface area contributed by atoms with Crippen molar-refractivity contribution in [2.45, 2.75) is 115 Å². The molecule has 0 aromatic carbocycles. The van der Waals surface area contributed by atoms with Crippen LogP contribution in [0.15, 0.2) is 110 Å². The molecule has 0 bridgehead atoms. The summed E-state index contributed by atoms with van der Waals surface area (Å²) in [5, 5.41) is 35.1. The van der Waals surface area contributed by atoms with E-state index in [4.69, 9.17) is 53.1 Å². The zero-order valence-electron chi connectivity index (χ0n) is 49.1. The Hall–Kier alpha value is -8.89. The summed E-state index contributed by atoms with van der Waals surface area (Å²) in [5.74, 6) is 2.13. The Morgan fingerprint density at radius 2 is 1.08 bits per heavy atom. The number of fused-ring (bicyclic) bond motifs is 2. The van der Waals surface area contributed by atoms with Crippen LogP contribution in [0.25, 0.3) is 33.3 Å². The molecule has 4 fully saturated rings. The van der Waals surface area contributed by atoms with Crippen LogP contribution in [0.1, 0.15) is 125 Å². The number of nitrogens with zero attached hydrogens (tertiary/aromatic N) is 12. The normalized spacial score (nSPS) is 17.0. The molecule has 87 heavy (non-hydrogen) atoms. The highest BCUT2D eigenvalue weighted by Crippen LogP contribution is 2.50. The van der Waals surface area contributed by atoms with Gasteiger partial charge in [0.25, 0.3) is 11.8 Å². The summed E-state index contributed by atoms with van der Waals surface area (Å²) in [7, 11) is 0. The maximum Gasteiger partial charge on any atom is 0.307 e. The van der Waals surface area contributed by atoms with E-state index in [1.807, 2.05) is 77.2 Å². The predicted molar refractivity (Wildman–Crippen MR) is 329 cm³/mol. The summed E-state index contributed by atoms with van der Waals surface area (Å²) >= 11 is 12.3. The smallest absolute Gasteiger partial charge is 0.307 e. The Morgan fingerprint density at radius 3 is 1.46 bits per heavy atom. The second kappa shape index (κ2) is 24.1. The van der Waals surface area contributed by atoms with Crippen molar-refractivity contribution in [3.05, 3.63) is 143 Å². The van der Waals surface area contributed by atoms with Crippen LogP contribution in [0.4, 0.5) is 11.6 Å². The summed E-state index contributed by atoms with van der Waals surface area (Å²) in [6.45, 7) is 13.4. The molecule has 2 aliphatic heterocycles. The predicted octanol–water partition coefficient (Wildman–Crippen LogP) is 9.97. The molecule has 0 spiro atoms. The number of anilines is 2. The van der Waals surface area contributed by atoms with Crippen LogP contribution in [0.3, 0.4) is 0 Å². The lowest BCUT2D eigenvalue weighted by atomic mass is 9.89. The van der Waals surface area contributed by atoms with E-state index in [-0.39, 0.29) is 45.7 Å². The SMILES string of the molecule is CC1(NC(=O)c2ncccc2Cl)CCN(c2ccc(-c3cc(OCC4(CC(=O)OC(C)(C)C)CC4)cn4ncc(C#N)c34)cn2)CC1.CC1(NC(=O)c2ncccc2Cl)CCN(c2ccc(-c3cc(OCC4(N)CC4)cn4ncc(C#N)c34)cn2)CC1. The molecule has 448 valence electrons. The van der Waals surface area contributed by atoms with Gasteiger partial charge in [-0.3, -0.25) is 14.4 Å². The highest BCUT2D eigenvalue weighted by atomic mass is 35.5. The quantitative estimate of drug-likeness (QED) is 0.0759. The minimum atomic E-state index is -0.530. The molecular weight excluding hydrogens is 1150 g/mol. The summed E-state index contributed by atoms with van der Waals surface area (Å²) in [6.07, 6.45) is 20.3. The van der Waals surface area contributed by atoms with Crippen molar-refractivity contribution in [1.82, 2.24) is 49.8 Å². The number of pyridine rings is 6. The van der Waals surface area contributed by atoms with E-state index in [9.17, 15) is 24.9 Å². The summed E-state index contributed by atoms with van der Waals surface area (Å²) in [6, 6.07) is 22.9. The number of esters is 1. The first-order valence-electron chi connectivity index (χ1n) is 29.0. The van der Waals surface area contributed by atoms with E-state index in [1.54, 1.807) is 76.7 Å². The molecule has 2 saturated carbocycles. The van der Waals surface area contributed by atoms with E-state index >= 15 is 0 Å². The largest absolute Gasteiger partial charge is 0.491 e. The summed E-state index contributed by atoms with van der Waals surface area (Å²) < 4.78 is 21.1. The van der Waals surface area contributed by atoms with Crippen molar-refractivity contribution in [3.63, 3.8) is 0 Å². The third-order valence-corrected chi connectivity index (χ3v) is 17.2. The van der Waals surface area contributed by atoms with Crippen molar-refractivity contribution in [2.75, 3.05) is 49.2 Å². The fourth-order valence-electron chi connectivity index (χ4n) is 10.9. The van der Waals surface area contributed by atoms with Crippen LogP contribution in [-0.2, 0) is 9.53 Å². The number of nitrogens with two attached hydrogens (primary N) is 1. The van der Waals surface area contributed by atoms with Crippen LogP contribution >= 0.6 is 23.2 Å². The molecule has 4 aliphatic rings. The van der Waals surface area contributed by atoms with Gasteiger partial charge in [-0.05, 0) is 147 Å². The van der Waals surface area contributed by atoms with E-state index in [0.29, 0.717) is 76.4 Å². The second-order valence-corrected chi connectivity index (χ2v) is 25.6. The van der Waals surface area contributed by atoms with Gasteiger partial charge in [0.2, 0.25) is 0 Å². The fourth-order valence-corrected chi connectivity index (χ4v) is 11.3. The van der Waals surface area contributed by atoms with Crippen LogP contribution in [0, 0.1) is 28.1 Å². The molecule has 2 saturated heterocycles. The Morgan fingerprint density at radius 1 is 0.632 bits per heavy atom. The average Bonchev–Trinajstić information content (AvgIpc) is 2.27. The fraction of sp³-hybridized carbons (Fsp3) is 0.391. The van der Waals surface area contributed by atoms with E-state index in [1.165, 1.54) is 0 Å². The number of halogens is 2. The van der Waals surface area contributed by atoms with E-state index in [0.717, 1.165) is 98.3 Å². The number of carbonyl (C=O) groups excluding carboxylic acids is 3. The molecule has 12 rings (SSSR count). The molecule has 0 unspecified atom stereocenters. The topological polar surface area (TPSA) is 269 Å². The molecular formula is C64H67Cl2N15O6. The minimum Gasteiger partial charge on any atom is -0.491 e. The number of amides is 2. The number of carbonyl (C=O) groups is 3. The molecule has 2 aliphatic carbocycles. The summed E-state index contributed by atoms with van der Waals surface area (Å²) in [5.41, 5.74) is 10.4. The minimum absolute atomic E-state index is 0.218. The van der Waals surface area contributed by atoms with Gasteiger partial charge in [0.1, 0.15) is 58.9 Å². The second-order valence-electron chi connectivity index (χ2n) is 24.8. The van der Waals surface area contributed by atoms with Crippen molar-refractivity contribution in [2.24, 2.45) is 11.1 Å². The standard InChI is InChI=1S/C35H38ClN7O4.C29H29ClN8O2/c1-33(2,3)47-29(44)17-35(9-10-35)22-46-25-16-26(31-24(18-37)20-40-43(31)21-25)23-7-8-28(39-19-23)42-14-11-34(4,12-15-42)41-32(45)30-27(36)6-5-13-38-30;1-28(36-27(39)25-23(30)3-2-10-33-25)8-11-37(12-9-28)24-5-4-19(15-34-24)22-13-21(40-18-29(32)6-7-29)17-38-26(22)20(14-31)16-35-38/h5-8,13,16,19-21H,9-12,14-15,17,22H2,1-4H3,(H,41,45);2-5,10,13,15-17H,6-9,11-12,18,32H2,1H3,(H,36,39). The number of rotatable bonds is 16. The molecule has 10 heterocycles. The van der Waals surface area contributed by atoms with Gasteiger partial charge < -0.3 is 40.4 Å². The third-order valence-electron chi connectivity index (χ3n) is 16.6. The highest BCUT2D eigenvalue weighted by Gasteiger charge is 2.46. The zero-order valence-corrected chi connectivity index (χ0v) is 50.7. The van der Waals surface area contributed by atoms with Crippen LogP contribution in [0.5, 0.6) is 11.5 Å². The van der Waals surface area contributed by atoms with Crippen molar-refractivity contribution in [3.8, 4) is 45.9 Å². The van der Waals surface area contributed by atoms with Crippen LogP contribution in [0.2, 0.25) is 10.0 Å². The lowest BCUT2D eigenvalue weighted by molar-refractivity contribution is -0.156. The molecule has 21 nitrogen and oxygen atoms in total. The molecule has 0 radical (unpaired) electrons. The first-order valence-corrected chi connectivity index (χ1v) is 29.8. The monoisotopic (exact) mass is 1210 g/mol. The Labute approximate surface area is 513 Å². The maximum absolute atomic E-state index is 12.8. The van der Waals surface area contributed by atoms with Gasteiger partial charge in [-0.15, -0.1) is 0 Å². The zero-order chi connectivity index (χ0) is 61.3. The Kier molecular flexibility index (Phi) is 16.6. The number of nitrogens with one attached hydrogen (secondary N) is 2. The van der Waals surface area contributed by atoms with Crippen molar-refractivity contribution < 1.29 is 28.6 Å². The van der Waals surface area contributed by atoms with Crippen LogP contribution in [-0.4, -0.2) is 119 Å².